The van der Waals surface area contributed by atoms with Crippen LogP contribution in [-0.4, -0.2) is 21.6 Å². The van der Waals surface area contributed by atoms with Gasteiger partial charge in [0.1, 0.15) is 5.82 Å². The molecule has 1 atom stereocenters. The van der Waals surface area contributed by atoms with E-state index in [0.717, 1.165) is 18.8 Å². The zero-order valence-electron chi connectivity index (χ0n) is 10.2. The van der Waals surface area contributed by atoms with E-state index in [1.54, 1.807) is 12.4 Å². The van der Waals surface area contributed by atoms with E-state index in [0.29, 0.717) is 11.7 Å². The first-order valence-corrected chi connectivity index (χ1v) is 6.92. The summed E-state index contributed by atoms with van der Waals surface area (Å²) in [6.45, 7) is 3.09. The molecule has 0 saturated heterocycles. The van der Waals surface area contributed by atoms with E-state index < -0.39 is 0 Å². The molecule has 0 fully saturated rings. The van der Waals surface area contributed by atoms with Crippen LogP contribution in [0.25, 0.3) is 0 Å². The molecule has 1 aliphatic rings. The third-order valence-corrected chi connectivity index (χ3v) is 4.40. The normalized spacial score (nSPS) is 18.8. The lowest BCUT2D eigenvalue weighted by Gasteiger charge is -2.34. The molecule has 0 aliphatic carbocycles. The van der Waals surface area contributed by atoms with Crippen LogP contribution in [0.15, 0.2) is 23.8 Å². The maximum absolute atomic E-state index is 9.13. The largest absolute Gasteiger partial charge is 0.390 e. The number of thiophene rings is 1. The van der Waals surface area contributed by atoms with E-state index in [1.807, 2.05) is 11.3 Å². The van der Waals surface area contributed by atoms with Crippen molar-refractivity contribution in [2.24, 2.45) is 0 Å². The average molecular weight is 261 g/mol. The molecule has 3 rings (SSSR count). The van der Waals surface area contributed by atoms with Crippen LogP contribution in [0, 0.1) is 0 Å². The Morgan fingerprint density at radius 1 is 1.50 bits per heavy atom. The van der Waals surface area contributed by atoms with Crippen molar-refractivity contribution in [1.29, 1.82) is 0 Å². The topological polar surface area (TPSA) is 49.2 Å². The number of aliphatic hydroxyl groups is 1. The molecule has 0 bridgehead atoms. The third-order valence-electron chi connectivity index (χ3n) is 3.41. The van der Waals surface area contributed by atoms with Crippen LogP contribution in [0.1, 0.15) is 29.1 Å². The van der Waals surface area contributed by atoms with Gasteiger partial charge in [0, 0.05) is 11.4 Å². The van der Waals surface area contributed by atoms with Gasteiger partial charge in [-0.25, -0.2) is 4.98 Å². The standard InChI is InChI=1S/C13H15N3OS/c1-9-11-3-5-18-12(11)2-4-16(9)13-7-14-6-10(8-17)15-13/h3,5-7,9,17H,2,4,8H2,1H3. The number of fused-ring (bicyclic) bond motifs is 1. The number of aliphatic hydroxyl groups excluding tert-OH is 1. The van der Waals surface area contributed by atoms with Crippen LogP contribution in [0.4, 0.5) is 5.82 Å². The Labute approximate surface area is 110 Å². The predicted octanol–water partition coefficient (Wildman–Crippen LogP) is 2.15. The fourth-order valence-electron chi connectivity index (χ4n) is 2.43. The molecule has 18 heavy (non-hydrogen) atoms. The summed E-state index contributed by atoms with van der Waals surface area (Å²) in [5.74, 6) is 0.853. The van der Waals surface area contributed by atoms with E-state index in [-0.39, 0.29) is 6.61 Å². The highest BCUT2D eigenvalue weighted by Crippen LogP contribution is 2.34. The maximum atomic E-state index is 9.13. The summed E-state index contributed by atoms with van der Waals surface area (Å²) >= 11 is 1.83. The minimum absolute atomic E-state index is 0.0627. The average Bonchev–Trinajstić information content (AvgIpc) is 2.88. The Balaban J connectivity index is 1.94. The zero-order chi connectivity index (χ0) is 12.5. The lowest BCUT2D eigenvalue weighted by Crippen LogP contribution is -2.33. The first kappa shape index (κ1) is 11.6. The van der Waals surface area contributed by atoms with Gasteiger partial charge in [0.25, 0.3) is 0 Å². The highest BCUT2D eigenvalue weighted by atomic mass is 32.1. The lowest BCUT2D eigenvalue weighted by molar-refractivity contribution is 0.276. The van der Waals surface area contributed by atoms with Crippen LogP contribution in [0.5, 0.6) is 0 Å². The van der Waals surface area contributed by atoms with Gasteiger partial charge in [-0.2, -0.15) is 0 Å². The first-order valence-electron chi connectivity index (χ1n) is 6.04. The third kappa shape index (κ3) is 1.89. The Bertz CT molecular complexity index is 555. The van der Waals surface area contributed by atoms with Gasteiger partial charge in [0.05, 0.1) is 30.7 Å². The molecule has 5 heteroatoms. The van der Waals surface area contributed by atoms with Gasteiger partial charge in [-0.15, -0.1) is 11.3 Å². The van der Waals surface area contributed by atoms with Gasteiger partial charge in [-0.3, -0.25) is 4.98 Å². The van der Waals surface area contributed by atoms with Gasteiger partial charge in [0.2, 0.25) is 0 Å². The predicted molar refractivity (Wildman–Crippen MR) is 71.7 cm³/mol. The molecule has 1 N–H and O–H groups in total. The molecule has 0 amide bonds. The minimum Gasteiger partial charge on any atom is -0.390 e. The molecule has 3 heterocycles. The van der Waals surface area contributed by atoms with E-state index >= 15 is 0 Å². The minimum atomic E-state index is -0.0627. The Morgan fingerprint density at radius 3 is 3.22 bits per heavy atom. The van der Waals surface area contributed by atoms with Crippen molar-refractivity contribution < 1.29 is 5.11 Å². The van der Waals surface area contributed by atoms with Crippen molar-refractivity contribution in [1.82, 2.24) is 9.97 Å². The Hall–Kier alpha value is -1.46. The molecule has 0 aromatic carbocycles. The van der Waals surface area contributed by atoms with Gasteiger partial charge in [0.15, 0.2) is 0 Å². The fraction of sp³-hybridized carbons (Fsp3) is 0.385. The molecule has 2 aromatic rings. The molecule has 2 aromatic heterocycles. The Kier molecular flexibility index (Phi) is 3.01. The molecule has 1 unspecified atom stereocenters. The lowest BCUT2D eigenvalue weighted by atomic mass is 10.0. The summed E-state index contributed by atoms with van der Waals surface area (Å²) in [7, 11) is 0. The number of hydrogen-bond donors (Lipinski definition) is 1. The second-order valence-electron chi connectivity index (χ2n) is 4.45. The summed E-state index contributed by atoms with van der Waals surface area (Å²) in [6, 6.07) is 2.52. The van der Waals surface area contributed by atoms with E-state index in [2.05, 4.69) is 33.2 Å². The van der Waals surface area contributed by atoms with Gasteiger partial charge < -0.3 is 10.0 Å². The molecule has 0 saturated carbocycles. The molecule has 0 radical (unpaired) electrons. The summed E-state index contributed by atoms with van der Waals surface area (Å²) in [6.07, 6.45) is 4.43. The highest BCUT2D eigenvalue weighted by molar-refractivity contribution is 7.10. The van der Waals surface area contributed by atoms with Crippen molar-refractivity contribution in [3.63, 3.8) is 0 Å². The fourth-order valence-corrected chi connectivity index (χ4v) is 3.39. The second-order valence-corrected chi connectivity index (χ2v) is 5.45. The molecular weight excluding hydrogens is 246 g/mol. The summed E-state index contributed by atoms with van der Waals surface area (Å²) in [4.78, 5) is 12.3. The van der Waals surface area contributed by atoms with E-state index in [4.69, 9.17) is 5.11 Å². The van der Waals surface area contributed by atoms with Gasteiger partial charge in [-0.05, 0) is 30.4 Å². The van der Waals surface area contributed by atoms with E-state index in [9.17, 15) is 0 Å². The van der Waals surface area contributed by atoms with Crippen molar-refractivity contribution in [3.05, 3.63) is 40.0 Å². The van der Waals surface area contributed by atoms with Gasteiger partial charge >= 0.3 is 0 Å². The number of nitrogens with zero attached hydrogens (tertiary/aromatic N) is 3. The van der Waals surface area contributed by atoms with Crippen LogP contribution in [-0.2, 0) is 13.0 Å². The molecule has 1 aliphatic heterocycles. The Morgan fingerprint density at radius 2 is 2.39 bits per heavy atom. The highest BCUT2D eigenvalue weighted by Gasteiger charge is 2.25. The molecule has 0 spiro atoms. The summed E-state index contributed by atoms with van der Waals surface area (Å²) in [5, 5.41) is 11.3. The van der Waals surface area contributed by atoms with Gasteiger partial charge in [-0.1, -0.05) is 0 Å². The van der Waals surface area contributed by atoms with E-state index in [1.165, 1.54) is 10.4 Å². The van der Waals surface area contributed by atoms with Crippen molar-refractivity contribution >= 4 is 17.2 Å². The number of rotatable bonds is 2. The SMILES string of the molecule is CC1c2ccsc2CCN1c1cncc(CO)n1. The van der Waals surface area contributed by atoms with Crippen LogP contribution in [0.3, 0.4) is 0 Å². The first-order chi connectivity index (χ1) is 8.79. The van der Waals surface area contributed by atoms with Crippen molar-refractivity contribution in [2.45, 2.75) is 26.0 Å². The van der Waals surface area contributed by atoms with Crippen molar-refractivity contribution in [2.75, 3.05) is 11.4 Å². The monoisotopic (exact) mass is 261 g/mol. The summed E-state index contributed by atoms with van der Waals surface area (Å²) < 4.78 is 0. The molecule has 94 valence electrons. The number of hydrogen-bond acceptors (Lipinski definition) is 5. The van der Waals surface area contributed by atoms with Crippen LogP contribution >= 0.6 is 11.3 Å². The quantitative estimate of drug-likeness (QED) is 0.900. The number of anilines is 1. The van der Waals surface area contributed by atoms with Crippen LogP contribution in [0.2, 0.25) is 0 Å². The second kappa shape index (κ2) is 4.66. The molecular formula is C13H15N3OS. The maximum Gasteiger partial charge on any atom is 0.148 e. The van der Waals surface area contributed by atoms with Crippen molar-refractivity contribution in [3.8, 4) is 0 Å². The molecule has 4 nitrogen and oxygen atoms in total. The number of aromatic nitrogens is 2. The smallest absolute Gasteiger partial charge is 0.148 e. The van der Waals surface area contributed by atoms with Crippen LogP contribution < -0.4 is 4.90 Å². The summed E-state index contributed by atoms with van der Waals surface area (Å²) in [5.41, 5.74) is 2.01. The zero-order valence-corrected chi connectivity index (χ0v) is 11.0.